The number of amides is 2. The Labute approximate surface area is 187 Å². The van der Waals surface area contributed by atoms with Crippen LogP contribution < -0.4 is 14.2 Å². The van der Waals surface area contributed by atoms with E-state index in [1.54, 1.807) is 40.3 Å². The second-order valence-electron chi connectivity index (χ2n) is 7.01. The second kappa shape index (κ2) is 9.71. The highest BCUT2D eigenvalue weighted by Gasteiger charge is 2.26. The van der Waals surface area contributed by atoms with Gasteiger partial charge in [-0.25, -0.2) is 14.0 Å². The Morgan fingerprint density at radius 1 is 1.19 bits per heavy atom. The van der Waals surface area contributed by atoms with Crippen LogP contribution in [0.2, 0.25) is 5.02 Å². The number of anilines is 1. The minimum absolute atomic E-state index is 0.0506. The number of hydrogen-bond donors (Lipinski definition) is 1. The molecule has 11 heteroatoms. The molecule has 0 saturated carbocycles. The smallest absolute Gasteiger partial charge is 0.320 e. The number of aromatic nitrogens is 1. The Morgan fingerprint density at radius 3 is 2.74 bits per heavy atom. The van der Waals surface area contributed by atoms with Gasteiger partial charge in [0, 0.05) is 23.7 Å². The zero-order valence-electron chi connectivity index (χ0n) is 17.0. The topological polar surface area (TPSA) is 93.2 Å². The Morgan fingerprint density at radius 2 is 1.97 bits per heavy atom. The number of morpholine rings is 1. The minimum Gasteiger partial charge on any atom is -0.495 e. The van der Waals surface area contributed by atoms with Crippen LogP contribution in [0.3, 0.4) is 0 Å². The molecule has 1 aromatic heterocycles. The fourth-order valence-corrected chi connectivity index (χ4v) is 4.65. The maximum Gasteiger partial charge on any atom is 0.320 e. The molecule has 4 rings (SSSR count). The third-order valence-corrected chi connectivity index (χ3v) is 6.35. The highest BCUT2D eigenvalue weighted by atomic mass is 35.5. The number of methoxy groups -OCH3 is 1. The zero-order valence-corrected chi connectivity index (χ0v) is 18.6. The number of rotatable bonds is 4. The fourth-order valence-electron chi connectivity index (χ4n) is 3.41. The molecule has 0 radical (unpaired) electrons. The summed E-state index contributed by atoms with van der Waals surface area (Å²) in [6.45, 7) is 3.39. The third-order valence-electron chi connectivity index (χ3n) is 4.97. The van der Waals surface area contributed by atoms with E-state index in [0.717, 1.165) is 5.56 Å². The van der Waals surface area contributed by atoms with E-state index in [2.05, 4.69) is 9.71 Å². The molecule has 1 atom stereocenters. The Bertz CT molecular complexity index is 986. The number of halogens is 1. The van der Waals surface area contributed by atoms with Gasteiger partial charge in [0.15, 0.2) is 11.0 Å². The lowest BCUT2D eigenvalue weighted by Crippen LogP contribution is -2.48. The largest absolute Gasteiger partial charge is 0.495 e. The molecule has 166 valence electrons. The van der Waals surface area contributed by atoms with Crippen LogP contribution in [0.1, 0.15) is 5.56 Å². The molecule has 2 aliphatic heterocycles. The maximum atomic E-state index is 12.9. The van der Waals surface area contributed by atoms with Crippen molar-refractivity contribution < 1.29 is 23.2 Å². The molecule has 0 spiro atoms. The highest BCUT2D eigenvalue weighted by molar-refractivity contribution is 7.86. The molecule has 2 aromatic rings. The summed E-state index contributed by atoms with van der Waals surface area (Å²) in [5.41, 5.74) is 1.27. The molecule has 1 saturated heterocycles. The molecule has 3 heterocycles. The monoisotopic (exact) mass is 466 g/mol. The van der Waals surface area contributed by atoms with Gasteiger partial charge < -0.3 is 24.0 Å². The van der Waals surface area contributed by atoms with Crippen LogP contribution in [0.4, 0.5) is 10.5 Å². The molecule has 31 heavy (non-hydrogen) atoms. The van der Waals surface area contributed by atoms with Gasteiger partial charge in [-0.3, -0.25) is 4.72 Å². The molecule has 1 unspecified atom stereocenters. The van der Waals surface area contributed by atoms with Crippen LogP contribution in [-0.2, 0) is 22.3 Å². The van der Waals surface area contributed by atoms with Crippen LogP contribution >= 0.6 is 11.6 Å². The van der Waals surface area contributed by atoms with Crippen LogP contribution in [0.25, 0.3) is 0 Å². The van der Waals surface area contributed by atoms with Crippen molar-refractivity contribution in [3.63, 3.8) is 0 Å². The van der Waals surface area contributed by atoms with E-state index in [-0.39, 0.29) is 6.03 Å². The number of carbonyl (C=O) groups excluding carboxylic acids is 1. The van der Waals surface area contributed by atoms with Crippen molar-refractivity contribution >= 4 is 34.3 Å². The van der Waals surface area contributed by atoms with E-state index in [1.807, 2.05) is 0 Å². The predicted octanol–water partition coefficient (Wildman–Crippen LogP) is 2.52. The zero-order chi connectivity index (χ0) is 21.8. The summed E-state index contributed by atoms with van der Waals surface area (Å²) in [5, 5.41) is 0.455. The van der Waals surface area contributed by atoms with E-state index >= 15 is 0 Å². The summed E-state index contributed by atoms with van der Waals surface area (Å²) in [7, 11) is -0.120. The van der Waals surface area contributed by atoms with Gasteiger partial charge in [0.25, 0.3) is 0 Å². The van der Waals surface area contributed by atoms with Crippen molar-refractivity contribution in [3.05, 3.63) is 41.0 Å². The van der Waals surface area contributed by atoms with Gasteiger partial charge >= 0.3 is 6.03 Å². The molecule has 0 aliphatic carbocycles. The number of fused-ring (bicyclic) bond motifs is 1. The molecule has 1 N–H and O–H groups in total. The molecule has 2 amide bonds. The lowest BCUT2D eigenvalue weighted by atomic mass is 10.2. The van der Waals surface area contributed by atoms with E-state index in [4.69, 9.17) is 25.8 Å². The Hall–Kier alpha value is -2.56. The van der Waals surface area contributed by atoms with Crippen molar-refractivity contribution in [2.24, 2.45) is 0 Å². The summed E-state index contributed by atoms with van der Waals surface area (Å²) >= 11 is 6.05. The van der Waals surface area contributed by atoms with Gasteiger partial charge in [-0.1, -0.05) is 11.6 Å². The lowest BCUT2D eigenvalue weighted by Gasteiger charge is -2.32. The number of urea groups is 1. The molecule has 1 aromatic carbocycles. The fraction of sp³-hybridized carbons (Fsp3) is 0.400. The number of benzene rings is 1. The maximum absolute atomic E-state index is 12.9. The molecular formula is C20H23ClN4O5S. The van der Waals surface area contributed by atoms with Crippen molar-refractivity contribution in [2.75, 3.05) is 51.3 Å². The molecule has 9 nitrogen and oxygen atoms in total. The van der Waals surface area contributed by atoms with E-state index in [1.165, 1.54) is 7.11 Å². The Balaban J connectivity index is 1.51. The average Bonchev–Trinajstić information content (AvgIpc) is 3.01. The van der Waals surface area contributed by atoms with Crippen LogP contribution in [0, 0.1) is 0 Å². The van der Waals surface area contributed by atoms with E-state index in [9.17, 15) is 9.00 Å². The summed E-state index contributed by atoms with van der Waals surface area (Å²) < 4.78 is 32.1. The quantitative estimate of drug-likeness (QED) is 0.744. The van der Waals surface area contributed by atoms with Gasteiger partial charge in [0.1, 0.15) is 17.3 Å². The van der Waals surface area contributed by atoms with Crippen LogP contribution in [0.15, 0.2) is 35.4 Å². The SMILES string of the molecule is COc1ccc(Cl)cc1S(=O)Nc1cnc2c(c1)CN(C(=O)N1CCOCC1)CCO2. The van der Waals surface area contributed by atoms with Gasteiger partial charge in [-0.2, -0.15) is 0 Å². The van der Waals surface area contributed by atoms with Crippen molar-refractivity contribution in [1.82, 2.24) is 14.8 Å². The highest BCUT2D eigenvalue weighted by Crippen LogP contribution is 2.28. The Kier molecular flexibility index (Phi) is 6.79. The molecule has 0 bridgehead atoms. The van der Waals surface area contributed by atoms with Crippen molar-refractivity contribution in [3.8, 4) is 11.6 Å². The second-order valence-corrected chi connectivity index (χ2v) is 8.62. The van der Waals surface area contributed by atoms with Crippen LogP contribution in [-0.4, -0.2) is 71.6 Å². The first-order valence-corrected chi connectivity index (χ1v) is 11.3. The third kappa shape index (κ3) is 5.03. The number of nitrogens with zero attached hydrogens (tertiary/aromatic N) is 3. The average molecular weight is 467 g/mol. The van der Waals surface area contributed by atoms with Crippen molar-refractivity contribution in [2.45, 2.75) is 11.4 Å². The molecule has 2 aliphatic rings. The number of nitrogens with one attached hydrogen (secondary N) is 1. The molecular weight excluding hydrogens is 444 g/mol. The van der Waals surface area contributed by atoms with Crippen LogP contribution in [0.5, 0.6) is 11.6 Å². The lowest BCUT2D eigenvalue weighted by molar-refractivity contribution is 0.0422. The first-order chi connectivity index (χ1) is 15.0. The van der Waals surface area contributed by atoms with E-state index < -0.39 is 11.0 Å². The van der Waals surface area contributed by atoms with Crippen molar-refractivity contribution in [1.29, 1.82) is 0 Å². The first kappa shape index (κ1) is 21.7. The summed E-state index contributed by atoms with van der Waals surface area (Å²) in [4.78, 5) is 21.2. The minimum atomic E-state index is -1.63. The standard InChI is InChI=1S/C20H23ClN4O5S/c1-28-17-3-2-15(21)11-18(17)31(27)23-16-10-14-13-25(6-9-30-19(14)22-12-16)20(26)24-4-7-29-8-5-24/h2-3,10-12,23H,4-9,13H2,1H3. The summed E-state index contributed by atoms with van der Waals surface area (Å²) in [6.07, 6.45) is 1.55. The van der Waals surface area contributed by atoms with Gasteiger partial charge in [-0.15, -0.1) is 0 Å². The van der Waals surface area contributed by atoms with Gasteiger partial charge in [0.2, 0.25) is 5.88 Å². The molecule has 1 fully saturated rings. The first-order valence-electron chi connectivity index (χ1n) is 9.80. The number of ether oxygens (including phenoxy) is 3. The van der Waals surface area contributed by atoms with E-state index in [0.29, 0.717) is 73.2 Å². The van der Waals surface area contributed by atoms with Gasteiger partial charge in [0.05, 0.1) is 45.3 Å². The number of carbonyl (C=O) groups is 1. The normalized spacial score (nSPS) is 17.2. The number of pyridine rings is 1. The predicted molar refractivity (Wildman–Crippen MR) is 116 cm³/mol. The summed E-state index contributed by atoms with van der Waals surface area (Å²) in [6, 6.07) is 6.66. The van der Waals surface area contributed by atoms with Gasteiger partial charge in [-0.05, 0) is 24.3 Å². The number of hydrogen-bond acceptors (Lipinski definition) is 6. The summed E-state index contributed by atoms with van der Waals surface area (Å²) in [5.74, 6) is 0.928.